The van der Waals surface area contributed by atoms with E-state index >= 15 is 0 Å². The highest BCUT2D eigenvalue weighted by atomic mass is 15.2. The Bertz CT molecular complexity index is 2490. The van der Waals surface area contributed by atoms with Crippen molar-refractivity contribution in [3.63, 3.8) is 0 Å². The summed E-state index contributed by atoms with van der Waals surface area (Å²) >= 11 is 0. The molecule has 58 heavy (non-hydrogen) atoms. The van der Waals surface area contributed by atoms with Crippen LogP contribution < -0.4 is 9.80 Å². The number of hydrogen-bond donors (Lipinski definition) is 0. The van der Waals surface area contributed by atoms with Crippen LogP contribution in [0.5, 0.6) is 0 Å². The molecule has 0 atom stereocenters. The van der Waals surface area contributed by atoms with Crippen molar-refractivity contribution in [3.05, 3.63) is 144 Å². The van der Waals surface area contributed by atoms with Crippen molar-refractivity contribution in [1.29, 1.82) is 0 Å². The summed E-state index contributed by atoms with van der Waals surface area (Å²) in [7, 11) is 2.17. The zero-order chi connectivity index (χ0) is 39.8. The summed E-state index contributed by atoms with van der Waals surface area (Å²) in [6, 6.07) is 49.1. The minimum Gasteiger partial charge on any atom is -0.341 e. The second-order valence-electron chi connectivity index (χ2n) is 18.3. The Labute approximate surface area is 347 Å². The predicted molar refractivity (Wildman–Crippen MR) is 251 cm³/mol. The van der Waals surface area contributed by atoms with Crippen LogP contribution in [0.4, 0.5) is 28.4 Å². The van der Waals surface area contributed by atoms with E-state index in [4.69, 9.17) is 0 Å². The zero-order valence-electron chi connectivity index (χ0n) is 35.5. The number of aryl methyl sites for hydroxylation is 1. The molecule has 3 heteroatoms. The van der Waals surface area contributed by atoms with Crippen molar-refractivity contribution in [3.8, 4) is 16.8 Å². The fourth-order valence-corrected chi connectivity index (χ4v) is 9.59. The third-order valence-corrected chi connectivity index (χ3v) is 13.2. The van der Waals surface area contributed by atoms with Crippen molar-refractivity contribution in [2.75, 3.05) is 16.8 Å². The number of aromatic nitrogens is 1. The van der Waals surface area contributed by atoms with Crippen molar-refractivity contribution >= 4 is 50.2 Å². The summed E-state index contributed by atoms with van der Waals surface area (Å²) in [5.41, 5.74) is 16.8. The van der Waals surface area contributed by atoms with Crippen LogP contribution >= 0.6 is 0 Å². The number of unbranched alkanes of at least 4 members (excludes halogenated alkanes) is 5. The molecule has 0 N–H and O–H groups in total. The van der Waals surface area contributed by atoms with E-state index in [1.54, 1.807) is 0 Å². The van der Waals surface area contributed by atoms with Gasteiger partial charge in [0, 0.05) is 40.6 Å². The monoisotopic (exact) mass is 763 g/mol. The smallest absolute Gasteiger partial charge is 0.0671 e. The Kier molecular flexibility index (Phi) is 10.7. The molecule has 7 aromatic rings. The molecule has 0 bridgehead atoms. The normalized spacial score (nSPS) is 14.3. The third kappa shape index (κ3) is 7.69. The van der Waals surface area contributed by atoms with Gasteiger partial charge in [0.15, 0.2) is 0 Å². The molecule has 6 aromatic carbocycles. The number of benzene rings is 6. The van der Waals surface area contributed by atoms with Crippen molar-refractivity contribution in [2.45, 2.75) is 116 Å². The lowest BCUT2D eigenvalue weighted by Gasteiger charge is -2.28. The van der Waals surface area contributed by atoms with Gasteiger partial charge in [-0.15, -0.1) is 0 Å². The third-order valence-electron chi connectivity index (χ3n) is 13.2. The van der Waals surface area contributed by atoms with Crippen molar-refractivity contribution < 1.29 is 0 Å². The first-order valence-corrected chi connectivity index (χ1v) is 22.3. The number of rotatable bonds is 13. The molecule has 2 heterocycles. The SMILES string of the molecule is CCCCCCCCc1ccc(-n2c3ccc(-c4ccc(N(c5ccc(C6CCCCC6)cc5)c5ccc(C(C)(C)C)cc5)cc4)cc3c3cc4c(cc32)N4C)cc1. The van der Waals surface area contributed by atoms with Crippen LogP contribution in [0.3, 0.4) is 0 Å². The maximum absolute atomic E-state index is 2.47. The molecule has 1 saturated carbocycles. The Morgan fingerprint density at radius 3 is 1.83 bits per heavy atom. The lowest BCUT2D eigenvalue weighted by atomic mass is 9.84. The van der Waals surface area contributed by atoms with Gasteiger partial charge in [-0.25, -0.2) is 0 Å². The second-order valence-corrected chi connectivity index (χ2v) is 18.3. The average Bonchev–Trinajstić information content (AvgIpc) is 3.77. The van der Waals surface area contributed by atoms with Crippen LogP contribution in [-0.2, 0) is 11.8 Å². The highest BCUT2D eigenvalue weighted by Crippen LogP contribution is 2.51. The first-order valence-electron chi connectivity index (χ1n) is 22.3. The Hall–Kier alpha value is -5.28. The van der Waals surface area contributed by atoms with E-state index in [1.165, 1.54) is 154 Å². The fourth-order valence-electron chi connectivity index (χ4n) is 9.59. The molecule has 0 saturated heterocycles. The van der Waals surface area contributed by atoms with Crippen LogP contribution in [0.2, 0.25) is 0 Å². The molecule has 1 fully saturated rings. The van der Waals surface area contributed by atoms with E-state index in [1.807, 2.05) is 0 Å². The highest BCUT2D eigenvalue weighted by molar-refractivity contribution is 6.15. The van der Waals surface area contributed by atoms with Gasteiger partial charge in [-0.2, -0.15) is 0 Å². The standard InChI is InChI=1S/C55H61N3/c1-6-7-8-9-10-12-15-39-18-27-48(28-19-39)58-51-35-24-43(36-49(51)50-37-53-54(56(53)5)38-52(50)58)42-22-31-46(32-23-42)57(47-33-25-44(26-34-47)55(2,3)4)45-29-20-41(21-30-45)40-16-13-11-14-17-40/h18-38,40H,6-17H2,1-5H3. The molecule has 3 nitrogen and oxygen atoms in total. The van der Waals surface area contributed by atoms with E-state index in [-0.39, 0.29) is 5.41 Å². The summed E-state index contributed by atoms with van der Waals surface area (Å²) in [5.74, 6) is 0.696. The second kappa shape index (κ2) is 16.2. The first kappa shape index (κ1) is 38.2. The Morgan fingerprint density at radius 2 is 1.16 bits per heavy atom. The lowest BCUT2D eigenvalue weighted by molar-refractivity contribution is 0.443. The van der Waals surface area contributed by atoms with Crippen molar-refractivity contribution in [1.82, 2.24) is 4.57 Å². The van der Waals surface area contributed by atoms with Gasteiger partial charge in [0.1, 0.15) is 0 Å². The molecule has 0 amide bonds. The van der Waals surface area contributed by atoms with E-state index in [2.05, 4.69) is 177 Å². The molecule has 2 aliphatic rings. The summed E-state index contributed by atoms with van der Waals surface area (Å²) in [6.07, 6.45) is 15.9. The van der Waals surface area contributed by atoms with Gasteiger partial charge >= 0.3 is 0 Å². The van der Waals surface area contributed by atoms with Gasteiger partial charge in [0.25, 0.3) is 0 Å². The maximum atomic E-state index is 2.47. The van der Waals surface area contributed by atoms with Crippen LogP contribution in [0.25, 0.3) is 38.6 Å². The summed E-state index contributed by atoms with van der Waals surface area (Å²) in [4.78, 5) is 4.72. The van der Waals surface area contributed by atoms with Crippen LogP contribution in [-0.4, -0.2) is 11.6 Å². The molecular formula is C55H61N3. The molecule has 0 spiro atoms. The molecule has 0 unspecified atom stereocenters. The Morgan fingerprint density at radius 1 is 0.569 bits per heavy atom. The number of nitrogens with zero attached hydrogens (tertiary/aromatic N) is 3. The van der Waals surface area contributed by atoms with Crippen LogP contribution in [0.1, 0.15) is 121 Å². The molecule has 0 radical (unpaired) electrons. The topological polar surface area (TPSA) is 11.2 Å². The largest absolute Gasteiger partial charge is 0.341 e. The lowest BCUT2D eigenvalue weighted by Crippen LogP contribution is -2.13. The van der Waals surface area contributed by atoms with E-state index in [0.717, 1.165) is 6.42 Å². The molecular weight excluding hydrogens is 703 g/mol. The molecule has 1 aromatic heterocycles. The minimum absolute atomic E-state index is 0.106. The summed E-state index contributed by atoms with van der Waals surface area (Å²) in [5, 5.41) is 2.61. The predicted octanol–water partition coefficient (Wildman–Crippen LogP) is 16.2. The first-order chi connectivity index (χ1) is 28.3. The molecule has 9 rings (SSSR count). The number of anilines is 5. The van der Waals surface area contributed by atoms with E-state index in [0.29, 0.717) is 5.92 Å². The van der Waals surface area contributed by atoms with Crippen molar-refractivity contribution in [2.24, 2.45) is 0 Å². The van der Waals surface area contributed by atoms with Gasteiger partial charge in [-0.3, -0.25) is 0 Å². The fraction of sp³-hybridized carbons (Fsp3) is 0.345. The van der Waals surface area contributed by atoms with E-state index < -0.39 is 0 Å². The number of fused-ring (bicyclic) bond motifs is 4. The minimum atomic E-state index is 0.106. The molecule has 1 aliphatic carbocycles. The van der Waals surface area contributed by atoms with Crippen LogP contribution in [0.15, 0.2) is 127 Å². The van der Waals surface area contributed by atoms with E-state index in [9.17, 15) is 0 Å². The zero-order valence-corrected chi connectivity index (χ0v) is 35.5. The molecule has 296 valence electrons. The van der Waals surface area contributed by atoms with Gasteiger partial charge in [0.05, 0.1) is 22.4 Å². The summed E-state index contributed by atoms with van der Waals surface area (Å²) in [6.45, 7) is 9.15. The highest BCUT2D eigenvalue weighted by Gasteiger charge is 2.28. The summed E-state index contributed by atoms with van der Waals surface area (Å²) < 4.78 is 2.47. The molecule has 1 aliphatic heterocycles. The Balaban J connectivity index is 1.03. The van der Waals surface area contributed by atoms with Gasteiger partial charge < -0.3 is 14.4 Å². The van der Waals surface area contributed by atoms with Gasteiger partial charge in [-0.05, 0) is 138 Å². The quantitative estimate of drug-likeness (QED) is 0.0856. The van der Waals surface area contributed by atoms with Gasteiger partial charge in [0.2, 0.25) is 0 Å². The van der Waals surface area contributed by atoms with Crippen LogP contribution in [0, 0.1) is 0 Å². The number of hydrogen-bond acceptors (Lipinski definition) is 2. The maximum Gasteiger partial charge on any atom is 0.0671 e. The average molecular weight is 764 g/mol. The van der Waals surface area contributed by atoms with Gasteiger partial charge in [-0.1, -0.05) is 134 Å².